The highest BCUT2D eigenvalue weighted by molar-refractivity contribution is 5.40. The van der Waals surface area contributed by atoms with Crippen LogP contribution in [0.25, 0.3) is 5.65 Å². The molecule has 2 N–H and O–H groups in total. The van der Waals surface area contributed by atoms with Crippen LogP contribution in [-0.2, 0) is 13.5 Å². The maximum Gasteiger partial charge on any atom is 0.136 e. The fourth-order valence-electron chi connectivity index (χ4n) is 2.12. The van der Waals surface area contributed by atoms with Crippen molar-refractivity contribution < 1.29 is 0 Å². The van der Waals surface area contributed by atoms with Gasteiger partial charge in [-0.15, -0.1) is 0 Å². The zero-order valence-electron chi connectivity index (χ0n) is 10.2. The number of hydrogen-bond acceptors (Lipinski definition) is 3. The van der Waals surface area contributed by atoms with E-state index < -0.39 is 0 Å². The molecule has 18 heavy (non-hydrogen) atoms. The fourth-order valence-corrected chi connectivity index (χ4v) is 2.12. The first kappa shape index (κ1) is 11.0. The van der Waals surface area contributed by atoms with Gasteiger partial charge in [-0.05, 0) is 12.1 Å². The van der Waals surface area contributed by atoms with Crippen molar-refractivity contribution in [1.29, 1.82) is 0 Å². The highest BCUT2D eigenvalue weighted by Crippen LogP contribution is 2.16. The first-order valence-electron chi connectivity index (χ1n) is 5.89. The Hall–Kier alpha value is -2.14. The van der Waals surface area contributed by atoms with Gasteiger partial charge in [-0.2, -0.15) is 0 Å². The SMILES string of the molecule is Cn1ccnc1CC(N)c1cnc2ccccn12. The van der Waals surface area contributed by atoms with Crippen molar-refractivity contribution in [3.05, 3.63) is 54.5 Å². The van der Waals surface area contributed by atoms with E-state index in [2.05, 4.69) is 9.97 Å². The number of aryl methyl sites for hydroxylation is 1. The summed E-state index contributed by atoms with van der Waals surface area (Å²) in [6.45, 7) is 0. The minimum Gasteiger partial charge on any atom is -0.338 e. The summed E-state index contributed by atoms with van der Waals surface area (Å²) in [5.74, 6) is 0.980. The van der Waals surface area contributed by atoms with Crippen LogP contribution in [0.4, 0.5) is 0 Å². The molecule has 0 spiro atoms. The Morgan fingerprint density at radius 1 is 1.28 bits per heavy atom. The normalized spacial score (nSPS) is 13.0. The topological polar surface area (TPSA) is 61.1 Å². The summed E-state index contributed by atoms with van der Waals surface area (Å²) < 4.78 is 4.01. The maximum absolute atomic E-state index is 6.25. The molecule has 0 amide bonds. The molecule has 92 valence electrons. The minimum atomic E-state index is -0.108. The molecule has 0 fully saturated rings. The van der Waals surface area contributed by atoms with Crippen LogP contribution < -0.4 is 5.73 Å². The Labute approximate surface area is 105 Å². The van der Waals surface area contributed by atoms with Crippen LogP contribution in [0.5, 0.6) is 0 Å². The number of fused-ring (bicyclic) bond motifs is 1. The first-order valence-corrected chi connectivity index (χ1v) is 5.89. The van der Waals surface area contributed by atoms with Gasteiger partial charge in [-0.1, -0.05) is 6.07 Å². The summed E-state index contributed by atoms with van der Waals surface area (Å²) in [5, 5.41) is 0. The third-order valence-corrected chi connectivity index (χ3v) is 3.15. The molecule has 5 nitrogen and oxygen atoms in total. The average molecular weight is 241 g/mol. The fraction of sp³-hybridized carbons (Fsp3) is 0.231. The highest BCUT2D eigenvalue weighted by Gasteiger charge is 2.14. The molecule has 0 radical (unpaired) electrons. The van der Waals surface area contributed by atoms with Crippen molar-refractivity contribution in [1.82, 2.24) is 18.9 Å². The molecule has 0 aliphatic rings. The molecule has 0 aliphatic carbocycles. The third-order valence-electron chi connectivity index (χ3n) is 3.15. The summed E-state index contributed by atoms with van der Waals surface area (Å²) >= 11 is 0. The Balaban J connectivity index is 1.93. The smallest absolute Gasteiger partial charge is 0.136 e. The van der Waals surface area contributed by atoms with Crippen LogP contribution in [0.2, 0.25) is 0 Å². The molecule has 0 aliphatic heterocycles. The summed E-state index contributed by atoms with van der Waals surface area (Å²) in [6.07, 6.45) is 8.23. The van der Waals surface area contributed by atoms with Crippen molar-refractivity contribution >= 4 is 5.65 Å². The summed E-state index contributed by atoms with van der Waals surface area (Å²) in [7, 11) is 1.98. The largest absolute Gasteiger partial charge is 0.338 e. The van der Waals surface area contributed by atoms with Crippen molar-refractivity contribution in [2.75, 3.05) is 0 Å². The summed E-state index contributed by atoms with van der Waals surface area (Å²) in [5.41, 5.74) is 8.18. The molecule has 0 bridgehead atoms. The molecular weight excluding hydrogens is 226 g/mol. The molecule has 3 rings (SSSR count). The van der Waals surface area contributed by atoms with E-state index in [0.717, 1.165) is 17.2 Å². The van der Waals surface area contributed by atoms with E-state index in [-0.39, 0.29) is 6.04 Å². The predicted molar refractivity (Wildman–Crippen MR) is 69.0 cm³/mol. The second kappa shape index (κ2) is 4.27. The second-order valence-electron chi connectivity index (χ2n) is 4.38. The van der Waals surface area contributed by atoms with Crippen LogP contribution in [0.15, 0.2) is 43.0 Å². The lowest BCUT2D eigenvalue weighted by molar-refractivity contribution is 0.639. The molecule has 3 heterocycles. The van der Waals surface area contributed by atoms with Crippen molar-refractivity contribution in [3.63, 3.8) is 0 Å². The summed E-state index contributed by atoms with van der Waals surface area (Å²) in [6, 6.07) is 5.81. The molecule has 3 aromatic heterocycles. The average Bonchev–Trinajstić information content (AvgIpc) is 2.96. The van der Waals surface area contributed by atoms with Gasteiger partial charge in [0.1, 0.15) is 11.5 Å². The van der Waals surface area contributed by atoms with Crippen LogP contribution in [0.3, 0.4) is 0 Å². The van der Waals surface area contributed by atoms with Crippen molar-refractivity contribution in [3.8, 4) is 0 Å². The van der Waals surface area contributed by atoms with E-state index in [1.807, 2.05) is 52.8 Å². The van der Waals surface area contributed by atoms with Crippen LogP contribution in [0, 0.1) is 0 Å². The van der Waals surface area contributed by atoms with Crippen LogP contribution >= 0.6 is 0 Å². The molecule has 1 atom stereocenters. The number of pyridine rings is 1. The molecular formula is C13H15N5. The Bertz CT molecular complexity index is 667. The molecule has 0 aromatic carbocycles. The third kappa shape index (κ3) is 1.78. The number of aromatic nitrogens is 4. The summed E-state index contributed by atoms with van der Waals surface area (Å²) in [4.78, 5) is 8.65. The maximum atomic E-state index is 6.25. The number of hydrogen-bond donors (Lipinski definition) is 1. The Morgan fingerprint density at radius 3 is 2.94 bits per heavy atom. The van der Waals surface area contributed by atoms with Crippen LogP contribution in [0.1, 0.15) is 17.6 Å². The number of nitrogens with two attached hydrogens (primary N) is 1. The van der Waals surface area contributed by atoms with Gasteiger partial charge in [0.05, 0.1) is 17.9 Å². The lowest BCUT2D eigenvalue weighted by Crippen LogP contribution is -2.17. The van der Waals surface area contributed by atoms with E-state index >= 15 is 0 Å². The highest BCUT2D eigenvalue weighted by atomic mass is 15.1. The molecule has 5 heteroatoms. The van der Waals surface area contributed by atoms with Gasteiger partial charge >= 0.3 is 0 Å². The van der Waals surface area contributed by atoms with Gasteiger partial charge in [-0.25, -0.2) is 9.97 Å². The van der Waals surface area contributed by atoms with Gasteiger partial charge in [0.2, 0.25) is 0 Å². The first-order chi connectivity index (χ1) is 8.75. The van der Waals surface area contributed by atoms with Crippen LogP contribution in [-0.4, -0.2) is 18.9 Å². The van der Waals surface area contributed by atoms with Gasteiger partial charge < -0.3 is 14.7 Å². The van der Waals surface area contributed by atoms with Gasteiger partial charge in [0.15, 0.2) is 0 Å². The number of imidazole rings is 2. The Morgan fingerprint density at radius 2 is 2.17 bits per heavy atom. The van der Waals surface area contributed by atoms with E-state index in [4.69, 9.17) is 5.73 Å². The minimum absolute atomic E-state index is 0.108. The molecule has 0 saturated carbocycles. The van der Waals surface area contributed by atoms with E-state index in [0.29, 0.717) is 6.42 Å². The number of nitrogens with zero attached hydrogens (tertiary/aromatic N) is 4. The molecule has 3 aromatic rings. The monoisotopic (exact) mass is 241 g/mol. The van der Waals surface area contributed by atoms with E-state index in [1.165, 1.54) is 0 Å². The standard InChI is InChI=1S/C13H15N5/c1-17-7-5-15-13(17)8-10(14)11-9-16-12-4-2-3-6-18(11)12/h2-7,9-10H,8,14H2,1H3. The number of rotatable bonds is 3. The van der Waals surface area contributed by atoms with Gasteiger partial charge in [0, 0.05) is 32.1 Å². The second-order valence-corrected chi connectivity index (χ2v) is 4.38. The van der Waals surface area contributed by atoms with Crippen molar-refractivity contribution in [2.24, 2.45) is 12.8 Å². The molecule has 1 unspecified atom stereocenters. The van der Waals surface area contributed by atoms with Gasteiger partial charge in [0.25, 0.3) is 0 Å². The molecule has 0 saturated heterocycles. The van der Waals surface area contributed by atoms with E-state index in [1.54, 1.807) is 6.20 Å². The quantitative estimate of drug-likeness (QED) is 0.752. The zero-order valence-corrected chi connectivity index (χ0v) is 10.2. The van der Waals surface area contributed by atoms with E-state index in [9.17, 15) is 0 Å². The zero-order chi connectivity index (χ0) is 12.5. The lowest BCUT2D eigenvalue weighted by Gasteiger charge is -2.11. The van der Waals surface area contributed by atoms with Crippen molar-refractivity contribution in [2.45, 2.75) is 12.5 Å². The lowest BCUT2D eigenvalue weighted by atomic mass is 10.1. The Kier molecular flexibility index (Phi) is 2.60. The predicted octanol–water partition coefficient (Wildman–Crippen LogP) is 1.31. The van der Waals surface area contributed by atoms with Gasteiger partial charge in [-0.3, -0.25) is 0 Å².